The van der Waals surface area contributed by atoms with E-state index in [9.17, 15) is 38.0 Å². The number of hydrogen-bond acceptors (Lipinski definition) is 14. The minimum absolute atomic E-state index is 0.0379. The van der Waals surface area contributed by atoms with Gasteiger partial charge in [-0.1, -0.05) is 75.4 Å². The number of rotatable bonds is 17. The van der Waals surface area contributed by atoms with Crippen molar-refractivity contribution in [3.63, 3.8) is 0 Å². The van der Waals surface area contributed by atoms with Crippen LogP contribution in [0.15, 0.2) is 84.9 Å². The molecular weight excluding hydrogens is 1200 g/mol. The Labute approximate surface area is 553 Å². The first-order valence-electron chi connectivity index (χ1n) is 33.0. The first-order chi connectivity index (χ1) is 44.2. The van der Waals surface area contributed by atoms with Gasteiger partial charge in [-0.05, 0) is 170 Å². The Bertz CT molecular complexity index is 3400. The van der Waals surface area contributed by atoms with Crippen molar-refractivity contribution in [1.29, 1.82) is 0 Å². The number of nitrogens with one attached hydrogen (secondary N) is 5. The van der Waals surface area contributed by atoms with E-state index in [1.165, 1.54) is 29.0 Å². The Morgan fingerprint density at radius 3 is 2.26 bits per heavy atom. The van der Waals surface area contributed by atoms with Crippen LogP contribution in [0.25, 0.3) is 0 Å². The number of carbonyl (C=O) groups excluding carboxylic acids is 8. The molecule has 22 heteroatoms. The number of piperazine rings is 1. The van der Waals surface area contributed by atoms with Crippen molar-refractivity contribution in [2.45, 2.75) is 188 Å². The second kappa shape index (κ2) is 30.3. The normalized spacial score (nSPS) is 22.1. The lowest BCUT2D eigenvalue weighted by Gasteiger charge is -2.43. The number of likely N-dealkylation sites (N-methyl/N-ethyl adjacent to an activating group) is 1. The summed E-state index contributed by atoms with van der Waals surface area (Å²) in [5, 5.41) is 15.6. The first kappa shape index (κ1) is 72.0. The van der Waals surface area contributed by atoms with Gasteiger partial charge in [-0.15, -0.1) is 0 Å². The maximum atomic E-state index is 15.3. The molecule has 21 nitrogen and oxygen atoms in total. The number of carbonyl (C=O) groups is 8. The first-order valence-corrected chi connectivity index (χ1v) is 33.0. The molecule has 4 heterocycles. The molecule has 0 saturated carbocycles. The fraction of sp³-hybridized carbons (Fsp3) is 0.556. The van der Waals surface area contributed by atoms with Crippen LogP contribution in [-0.2, 0) is 79.0 Å². The van der Waals surface area contributed by atoms with Crippen LogP contribution in [-0.4, -0.2) is 181 Å². The second-order valence-electron chi connectivity index (χ2n) is 29.2. The van der Waals surface area contributed by atoms with Crippen LogP contribution in [0.2, 0.25) is 0 Å². The number of ether oxygens (including phenoxy) is 3. The van der Waals surface area contributed by atoms with Gasteiger partial charge < -0.3 is 50.6 Å². The Morgan fingerprint density at radius 1 is 0.872 bits per heavy atom. The standard InChI is InChI=1S/C67H89FN10O9.C5H10O2/c1-41-35-76(51(33-69-41)37-75-27-28-86-39-42(75)2)38-58(80)78-40-67(10,53-26-21-45(30-55(53)78)29-44-19-23-49(68)24-20-44)63(84)70-34-57(79)71-50-25-22-47-32-56(61(82)72-54-18-14-16-46-15-12-13-17-52(46)54)77(36-48(47)31-50)62(83)59(65(4,5)6)73-60(81)43(3)74(11)64(85)87-66(7,8)9;1-5(2,3)7-4-6/h12-13,15,17,19-26,30-31,41-43,51,54,56,59,69H,14,16,18,27-29,32-40H2,1-11H3,(H,70,84)(H,71,79)(H,72,82)(H,73,81);4H,1-3H3/t41?,42?,43?,51?,54-,56?,59?,67?;/m1./s1. The van der Waals surface area contributed by atoms with E-state index in [1.807, 2.05) is 84.0 Å². The molecule has 4 aliphatic heterocycles. The van der Waals surface area contributed by atoms with Crippen molar-refractivity contribution in [2.24, 2.45) is 5.41 Å². The van der Waals surface area contributed by atoms with Crippen molar-refractivity contribution in [1.82, 2.24) is 40.9 Å². The molecule has 4 aromatic carbocycles. The molecule has 7 amide bonds. The van der Waals surface area contributed by atoms with Gasteiger partial charge in [0.2, 0.25) is 35.4 Å². The molecule has 5 aliphatic rings. The van der Waals surface area contributed by atoms with E-state index in [0.29, 0.717) is 55.2 Å². The Kier molecular flexibility index (Phi) is 23.2. The molecule has 5 N–H and O–H groups in total. The van der Waals surface area contributed by atoms with Crippen LogP contribution >= 0.6 is 0 Å². The van der Waals surface area contributed by atoms with Crippen molar-refractivity contribution >= 4 is 59.4 Å². The van der Waals surface area contributed by atoms with Crippen LogP contribution in [0.4, 0.5) is 20.6 Å². The van der Waals surface area contributed by atoms with Gasteiger partial charge in [0.05, 0.1) is 37.8 Å². The third kappa shape index (κ3) is 18.4. The molecule has 8 atom stereocenters. The summed E-state index contributed by atoms with van der Waals surface area (Å²) < 4.78 is 29.7. The maximum absolute atomic E-state index is 15.3. The highest BCUT2D eigenvalue weighted by Gasteiger charge is 2.48. The lowest BCUT2D eigenvalue weighted by Crippen LogP contribution is -2.62. The fourth-order valence-electron chi connectivity index (χ4n) is 12.8. The number of fused-ring (bicyclic) bond motifs is 3. The van der Waals surface area contributed by atoms with Crippen LogP contribution in [0, 0.1) is 11.2 Å². The Hall–Kier alpha value is -7.79. The SMILES string of the molecule is CC(C)(C)OC=O.CC1CN(CC(=O)N2CC(C)(C(=O)NCC(=O)Nc3ccc4c(c3)CN(C(=O)C(NC(=O)C(C)N(C)C(=O)OC(C)(C)C)C(C)(C)C)C(C(=O)N[C@@H]3CCCc5ccccc53)C4)c3ccc(Cc4ccc(F)cc4)cc32)C(CN2CCOCC2C)CN1. The predicted molar refractivity (Wildman–Crippen MR) is 358 cm³/mol. The number of benzene rings is 4. The summed E-state index contributed by atoms with van der Waals surface area (Å²) >= 11 is 0. The minimum Gasteiger partial charge on any atom is -0.462 e. The largest absolute Gasteiger partial charge is 0.462 e. The van der Waals surface area contributed by atoms with E-state index in [4.69, 9.17) is 9.47 Å². The quantitative estimate of drug-likeness (QED) is 0.0650. The summed E-state index contributed by atoms with van der Waals surface area (Å²) in [6.45, 7) is 28.2. The van der Waals surface area contributed by atoms with Gasteiger partial charge in [-0.2, -0.15) is 0 Å². The van der Waals surface area contributed by atoms with E-state index in [2.05, 4.69) is 61.0 Å². The Morgan fingerprint density at radius 2 is 1.59 bits per heavy atom. The van der Waals surface area contributed by atoms with E-state index in [-0.39, 0.29) is 73.5 Å². The summed E-state index contributed by atoms with van der Waals surface area (Å²) in [6.07, 6.45) is 2.42. The van der Waals surface area contributed by atoms with Gasteiger partial charge in [-0.25, -0.2) is 9.18 Å². The zero-order valence-corrected chi connectivity index (χ0v) is 57.4. The number of nitrogens with zero attached hydrogens (tertiary/aromatic N) is 5. The highest BCUT2D eigenvalue weighted by atomic mass is 19.1. The molecule has 2 fully saturated rings. The van der Waals surface area contributed by atoms with Crippen molar-refractivity contribution in [2.75, 3.05) is 76.3 Å². The molecule has 0 aromatic heterocycles. The highest BCUT2D eigenvalue weighted by molar-refractivity contribution is 6.04. The molecule has 4 aromatic rings. The van der Waals surface area contributed by atoms with E-state index in [0.717, 1.165) is 66.7 Å². The minimum atomic E-state index is -1.25. The van der Waals surface area contributed by atoms with Crippen LogP contribution in [0.1, 0.15) is 148 Å². The van der Waals surface area contributed by atoms with Gasteiger partial charge in [-0.3, -0.25) is 48.3 Å². The van der Waals surface area contributed by atoms with Crippen molar-refractivity contribution in [3.05, 3.63) is 130 Å². The predicted octanol–water partition coefficient (Wildman–Crippen LogP) is 7.35. The summed E-state index contributed by atoms with van der Waals surface area (Å²) in [5.41, 5.74) is 3.85. The smallest absolute Gasteiger partial charge is 0.410 e. The van der Waals surface area contributed by atoms with E-state index >= 15 is 4.79 Å². The van der Waals surface area contributed by atoms with Crippen LogP contribution < -0.4 is 31.5 Å². The monoisotopic (exact) mass is 1300 g/mol. The zero-order valence-electron chi connectivity index (χ0n) is 57.4. The third-order valence-electron chi connectivity index (χ3n) is 18.3. The van der Waals surface area contributed by atoms with Crippen LogP contribution in [0.5, 0.6) is 0 Å². The molecule has 510 valence electrons. The molecule has 2 saturated heterocycles. The van der Waals surface area contributed by atoms with Crippen LogP contribution in [0.3, 0.4) is 0 Å². The second-order valence-corrected chi connectivity index (χ2v) is 29.2. The topological polar surface area (TPSA) is 241 Å². The van der Waals surface area contributed by atoms with Gasteiger partial charge >= 0.3 is 6.09 Å². The number of anilines is 2. The Balaban J connectivity index is 0.00000153. The summed E-state index contributed by atoms with van der Waals surface area (Å²) in [6, 6.07) is 22.5. The van der Waals surface area contributed by atoms with E-state index < -0.39 is 70.8 Å². The number of amides is 7. The van der Waals surface area contributed by atoms with Gasteiger partial charge in [0.1, 0.15) is 35.1 Å². The number of aryl methyl sites for hydroxylation is 1. The molecule has 0 radical (unpaired) electrons. The molecule has 9 rings (SSSR count). The van der Waals surface area contributed by atoms with E-state index in [1.54, 1.807) is 63.8 Å². The fourth-order valence-corrected chi connectivity index (χ4v) is 12.8. The molecule has 7 unspecified atom stereocenters. The number of halogens is 1. The van der Waals surface area contributed by atoms with Gasteiger partial charge in [0, 0.05) is 82.2 Å². The average molecular weight is 1300 g/mol. The molecule has 0 bridgehead atoms. The van der Waals surface area contributed by atoms with Crippen molar-refractivity contribution in [3.8, 4) is 0 Å². The van der Waals surface area contributed by atoms with Gasteiger partial charge in [0.25, 0.3) is 6.47 Å². The molecule has 1 aliphatic carbocycles. The summed E-state index contributed by atoms with van der Waals surface area (Å²) in [7, 11) is 1.46. The lowest BCUT2D eigenvalue weighted by atomic mass is 9.83. The lowest BCUT2D eigenvalue weighted by molar-refractivity contribution is -0.147. The molecular formula is C72H99FN10O11. The van der Waals surface area contributed by atoms with Gasteiger partial charge in [0.15, 0.2) is 0 Å². The highest BCUT2D eigenvalue weighted by Crippen LogP contribution is 2.43. The molecule has 0 spiro atoms. The average Bonchev–Trinajstić information content (AvgIpc) is 1.55. The van der Waals surface area contributed by atoms with Crippen molar-refractivity contribution < 1.29 is 57.0 Å². The third-order valence-corrected chi connectivity index (χ3v) is 18.3. The number of morpholine rings is 1. The number of hydrogen-bond donors (Lipinski definition) is 5. The zero-order chi connectivity index (χ0) is 68.6. The summed E-state index contributed by atoms with van der Waals surface area (Å²) in [4.78, 5) is 119. The summed E-state index contributed by atoms with van der Waals surface area (Å²) in [5.74, 6) is -2.86. The molecule has 94 heavy (non-hydrogen) atoms. The maximum Gasteiger partial charge on any atom is 0.410 e.